The third kappa shape index (κ3) is 4.48. The molecule has 0 saturated carbocycles. The highest BCUT2D eigenvalue weighted by Gasteiger charge is 2.46. The summed E-state index contributed by atoms with van der Waals surface area (Å²) in [7, 11) is 0. The number of carbonyl (C=O) groups is 1. The van der Waals surface area contributed by atoms with Crippen LogP contribution < -0.4 is 9.64 Å². The number of benzene rings is 3. The Kier molecular flexibility index (Phi) is 5.96. The van der Waals surface area contributed by atoms with E-state index in [-0.39, 0.29) is 17.8 Å². The highest BCUT2D eigenvalue weighted by molar-refractivity contribution is 6.06. The zero-order chi connectivity index (χ0) is 23.7. The molecule has 0 N–H and O–H groups in total. The van der Waals surface area contributed by atoms with Gasteiger partial charge in [0.2, 0.25) is 0 Å². The van der Waals surface area contributed by atoms with Crippen molar-refractivity contribution < 1.29 is 13.9 Å². The summed E-state index contributed by atoms with van der Waals surface area (Å²) in [5.74, 6) is 1.24. The molecule has 3 aromatic rings. The van der Waals surface area contributed by atoms with Gasteiger partial charge in [0, 0.05) is 30.9 Å². The third-order valence-corrected chi connectivity index (χ3v) is 6.91. The maximum absolute atomic E-state index is 13.9. The van der Waals surface area contributed by atoms with Gasteiger partial charge in [-0.1, -0.05) is 42.0 Å². The van der Waals surface area contributed by atoms with Crippen molar-refractivity contribution in [3.63, 3.8) is 0 Å². The summed E-state index contributed by atoms with van der Waals surface area (Å²) in [6.45, 7) is 5.91. The molecule has 0 radical (unpaired) electrons. The second kappa shape index (κ2) is 9.07. The van der Waals surface area contributed by atoms with Gasteiger partial charge in [0.15, 0.2) is 0 Å². The first-order valence-corrected chi connectivity index (χ1v) is 11.8. The van der Waals surface area contributed by atoms with Crippen molar-refractivity contribution in [3.8, 4) is 11.5 Å². The van der Waals surface area contributed by atoms with E-state index >= 15 is 0 Å². The van der Waals surface area contributed by atoms with Gasteiger partial charge in [0.05, 0.1) is 5.54 Å². The lowest BCUT2D eigenvalue weighted by atomic mass is 9.82. The molecule has 5 rings (SSSR count). The Morgan fingerprint density at radius 2 is 1.82 bits per heavy atom. The maximum atomic E-state index is 13.9. The van der Waals surface area contributed by atoms with E-state index in [1.54, 1.807) is 17.0 Å². The topological polar surface area (TPSA) is 32.8 Å². The molecule has 34 heavy (non-hydrogen) atoms. The molecule has 0 aromatic heterocycles. The Hall–Kier alpha value is -3.44. The molecule has 2 aliphatic rings. The van der Waals surface area contributed by atoms with E-state index in [0.717, 1.165) is 37.4 Å². The lowest BCUT2D eigenvalue weighted by molar-refractivity contribution is -0.114. The third-order valence-electron chi connectivity index (χ3n) is 6.91. The second-order valence-electron chi connectivity index (χ2n) is 9.43. The van der Waals surface area contributed by atoms with Gasteiger partial charge in [-0.25, -0.2) is 4.39 Å². The fourth-order valence-electron chi connectivity index (χ4n) is 5.17. The van der Waals surface area contributed by atoms with Crippen molar-refractivity contribution >= 4 is 11.6 Å². The van der Waals surface area contributed by atoms with Gasteiger partial charge < -0.3 is 4.74 Å². The molecule has 1 spiro atoms. The van der Waals surface area contributed by atoms with E-state index in [1.807, 2.05) is 48.5 Å². The fourth-order valence-corrected chi connectivity index (χ4v) is 5.17. The van der Waals surface area contributed by atoms with Crippen molar-refractivity contribution in [1.29, 1.82) is 0 Å². The van der Waals surface area contributed by atoms with Crippen LogP contribution in [0.1, 0.15) is 30.9 Å². The number of piperidine rings is 1. The average Bonchev–Trinajstić information content (AvgIpc) is 3.13. The number of carbonyl (C=O) groups excluding carboxylic acids is 1. The van der Waals surface area contributed by atoms with Gasteiger partial charge >= 0.3 is 0 Å². The monoisotopic (exact) mass is 456 g/mol. The number of halogens is 1. The zero-order valence-electron chi connectivity index (χ0n) is 19.6. The van der Waals surface area contributed by atoms with Crippen LogP contribution in [-0.2, 0) is 11.3 Å². The Morgan fingerprint density at radius 1 is 1.03 bits per heavy atom. The van der Waals surface area contributed by atoms with Gasteiger partial charge in [0.1, 0.15) is 17.3 Å². The van der Waals surface area contributed by atoms with Crippen LogP contribution in [0.3, 0.4) is 0 Å². The van der Waals surface area contributed by atoms with Crippen molar-refractivity contribution in [3.05, 3.63) is 102 Å². The first-order valence-electron chi connectivity index (χ1n) is 11.8. The summed E-state index contributed by atoms with van der Waals surface area (Å²) in [4.78, 5) is 17.0. The number of ether oxygens (including phenoxy) is 1. The number of hydrogen-bond donors (Lipinski definition) is 0. The van der Waals surface area contributed by atoms with Gasteiger partial charge in [-0.3, -0.25) is 14.6 Å². The minimum absolute atomic E-state index is 0.0767. The number of rotatable bonds is 5. The summed E-state index contributed by atoms with van der Waals surface area (Å²) in [5.41, 5.74) is 2.61. The predicted octanol–water partition coefficient (Wildman–Crippen LogP) is 6.25. The maximum Gasteiger partial charge on any atom is 0.251 e. The predicted molar refractivity (Wildman–Crippen MR) is 133 cm³/mol. The molecule has 0 aliphatic carbocycles. The van der Waals surface area contributed by atoms with E-state index in [1.165, 1.54) is 23.3 Å². The Morgan fingerprint density at radius 3 is 2.59 bits per heavy atom. The first kappa shape index (κ1) is 22.4. The number of likely N-dealkylation sites (tertiary alicyclic amines) is 1. The number of hydrogen-bond acceptors (Lipinski definition) is 3. The quantitative estimate of drug-likeness (QED) is 0.455. The molecule has 2 aliphatic heterocycles. The van der Waals surface area contributed by atoms with Crippen LogP contribution in [0.15, 0.2) is 84.9 Å². The molecule has 4 nitrogen and oxygen atoms in total. The number of aryl methyl sites for hydroxylation is 1. The zero-order valence-corrected chi connectivity index (χ0v) is 19.6. The SMILES string of the molecule is Cc1ccc(Oc2cccc(CN3CCC4(C=CC(=O)N4c4cccc(F)c4)CC3C)c2)cc1. The number of nitrogens with zero attached hydrogens (tertiary/aromatic N) is 2. The molecule has 2 atom stereocenters. The van der Waals surface area contributed by atoms with Gasteiger partial charge in [-0.05, 0) is 74.7 Å². The van der Waals surface area contributed by atoms with E-state index in [0.29, 0.717) is 5.69 Å². The Labute approximate surface area is 200 Å². The molecule has 1 saturated heterocycles. The molecule has 5 heteroatoms. The van der Waals surface area contributed by atoms with Crippen LogP contribution in [0, 0.1) is 12.7 Å². The largest absolute Gasteiger partial charge is 0.457 e. The van der Waals surface area contributed by atoms with Crippen LogP contribution in [0.4, 0.5) is 10.1 Å². The molecule has 0 bridgehead atoms. The average molecular weight is 457 g/mol. The molecule has 174 valence electrons. The molecular weight excluding hydrogens is 427 g/mol. The van der Waals surface area contributed by atoms with Crippen LogP contribution >= 0.6 is 0 Å². The second-order valence-corrected chi connectivity index (χ2v) is 9.43. The Bertz CT molecular complexity index is 1220. The van der Waals surface area contributed by atoms with Gasteiger partial charge in [-0.2, -0.15) is 0 Å². The van der Waals surface area contributed by atoms with E-state index < -0.39 is 5.54 Å². The van der Waals surface area contributed by atoms with Gasteiger partial charge in [-0.15, -0.1) is 0 Å². The number of anilines is 1. The molecule has 2 unspecified atom stereocenters. The van der Waals surface area contributed by atoms with Gasteiger partial charge in [0.25, 0.3) is 5.91 Å². The first-order chi connectivity index (χ1) is 16.4. The summed E-state index contributed by atoms with van der Waals surface area (Å²) >= 11 is 0. The summed E-state index contributed by atoms with van der Waals surface area (Å²) < 4.78 is 19.9. The molecule has 1 amide bonds. The van der Waals surface area contributed by atoms with Crippen molar-refractivity contribution in [1.82, 2.24) is 4.90 Å². The summed E-state index contributed by atoms with van der Waals surface area (Å²) in [6, 6.07) is 22.8. The molecule has 2 heterocycles. The smallest absolute Gasteiger partial charge is 0.251 e. The lowest BCUT2D eigenvalue weighted by Crippen LogP contribution is -2.56. The number of amides is 1. The molecular formula is C29H29FN2O2. The highest BCUT2D eigenvalue weighted by Crippen LogP contribution is 2.41. The Balaban J connectivity index is 1.29. The minimum atomic E-state index is -0.406. The summed E-state index contributed by atoms with van der Waals surface area (Å²) in [5, 5.41) is 0. The van der Waals surface area contributed by atoms with Crippen LogP contribution in [0.5, 0.6) is 11.5 Å². The van der Waals surface area contributed by atoms with Crippen LogP contribution in [-0.4, -0.2) is 28.9 Å². The van der Waals surface area contributed by atoms with Crippen molar-refractivity contribution in [2.45, 2.75) is 44.8 Å². The van der Waals surface area contributed by atoms with Crippen molar-refractivity contribution in [2.75, 3.05) is 11.4 Å². The normalized spacial score (nSPS) is 22.5. The summed E-state index contributed by atoms with van der Waals surface area (Å²) in [6.07, 6.45) is 5.25. The van der Waals surface area contributed by atoms with Crippen LogP contribution in [0.25, 0.3) is 0 Å². The fraction of sp³-hybridized carbons (Fsp3) is 0.276. The van der Waals surface area contributed by atoms with E-state index in [2.05, 4.69) is 30.9 Å². The lowest BCUT2D eigenvalue weighted by Gasteiger charge is -2.47. The van der Waals surface area contributed by atoms with Crippen molar-refractivity contribution in [2.24, 2.45) is 0 Å². The molecule has 3 aromatic carbocycles. The highest BCUT2D eigenvalue weighted by atomic mass is 19.1. The van der Waals surface area contributed by atoms with Crippen LogP contribution in [0.2, 0.25) is 0 Å². The minimum Gasteiger partial charge on any atom is -0.457 e. The van der Waals surface area contributed by atoms with E-state index in [9.17, 15) is 9.18 Å². The standard InChI is InChI=1S/C29H29FN2O2/c1-21-9-11-26(12-10-21)34-27-8-3-5-23(17-27)20-31-16-15-29(19-22(31)2)14-13-28(33)32(29)25-7-4-6-24(30)18-25/h3-14,17-18,22H,15-16,19-20H2,1-2H3. The molecule has 1 fully saturated rings. The van der Waals surface area contributed by atoms with E-state index in [4.69, 9.17) is 4.74 Å².